The Morgan fingerprint density at radius 1 is 0.519 bits per heavy atom. The second-order valence-electron chi connectivity index (χ2n) is 6.52. The Labute approximate surface area is 174 Å². The summed E-state index contributed by atoms with van der Waals surface area (Å²) in [5.74, 6) is 2.58. The molecule has 0 aliphatic carbocycles. The molecule has 0 radical (unpaired) electrons. The molecule has 0 N–H and O–H groups in total. The second-order valence-corrected chi connectivity index (χ2v) is 18.2. The van der Waals surface area contributed by atoms with Crippen LogP contribution >= 0.6 is 26.3 Å². The molecule has 0 aliphatic heterocycles. The third kappa shape index (κ3) is 3.53. The first-order valence-corrected chi connectivity index (χ1v) is 14.1. The molecule has 0 aromatic heterocycles. The van der Waals surface area contributed by atoms with Crippen molar-refractivity contribution in [1.29, 1.82) is 0 Å². The van der Waals surface area contributed by atoms with Gasteiger partial charge in [0.15, 0.2) is 0 Å². The normalized spacial score (nSPS) is 12.7. The zero-order chi connectivity index (χ0) is 19.5. The Bertz CT molecular complexity index is 781. The standard InChI is InChI=1S/C22H24IO3P/c1-24-17-5-11-20(12-6-17)27(4,23,21-13-7-18(25-2)8-14-21)22-15-9-19(26-3)10-16-22/h5-16H,1-4H3. The van der Waals surface area contributed by atoms with Gasteiger partial charge >= 0.3 is 174 Å². The van der Waals surface area contributed by atoms with E-state index in [9.17, 15) is 0 Å². The number of methoxy groups -OCH3 is 3. The van der Waals surface area contributed by atoms with Crippen molar-refractivity contribution in [1.82, 2.24) is 0 Å². The molecule has 0 aliphatic rings. The van der Waals surface area contributed by atoms with Crippen molar-refractivity contribution in [3.05, 3.63) is 72.8 Å². The molecule has 3 aromatic carbocycles. The fourth-order valence-electron chi connectivity index (χ4n) is 3.26. The quantitative estimate of drug-likeness (QED) is 0.373. The van der Waals surface area contributed by atoms with Crippen molar-refractivity contribution < 1.29 is 14.2 Å². The van der Waals surface area contributed by atoms with Crippen LogP contribution < -0.4 is 30.1 Å². The zero-order valence-electron chi connectivity index (χ0n) is 16.0. The summed E-state index contributed by atoms with van der Waals surface area (Å²) >= 11 is 2.69. The summed E-state index contributed by atoms with van der Waals surface area (Å²) in [6.45, 7) is 2.37. The van der Waals surface area contributed by atoms with Crippen LogP contribution in [0.2, 0.25) is 0 Å². The van der Waals surface area contributed by atoms with Gasteiger partial charge in [-0.05, 0) is 0 Å². The van der Waals surface area contributed by atoms with Crippen molar-refractivity contribution in [3.8, 4) is 17.2 Å². The van der Waals surface area contributed by atoms with Crippen molar-refractivity contribution in [3.63, 3.8) is 0 Å². The van der Waals surface area contributed by atoms with E-state index in [-0.39, 0.29) is 0 Å². The Morgan fingerprint density at radius 3 is 0.926 bits per heavy atom. The third-order valence-corrected chi connectivity index (χ3v) is 14.7. The van der Waals surface area contributed by atoms with Crippen molar-refractivity contribution in [2.24, 2.45) is 0 Å². The fraction of sp³-hybridized carbons (Fsp3) is 0.182. The van der Waals surface area contributed by atoms with Gasteiger partial charge in [-0.2, -0.15) is 0 Å². The maximum atomic E-state index is 5.37. The molecule has 0 spiro atoms. The third-order valence-electron chi connectivity index (χ3n) is 5.06. The Balaban J connectivity index is 2.25. The van der Waals surface area contributed by atoms with Crippen molar-refractivity contribution in [2.45, 2.75) is 0 Å². The van der Waals surface area contributed by atoms with Crippen LogP contribution in [0.5, 0.6) is 17.2 Å². The van der Waals surface area contributed by atoms with Gasteiger partial charge in [-0.3, -0.25) is 0 Å². The molecule has 0 amide bonds. The maximum absolute atomic E-state index is 5.37. The van der Waals surface area contributed by atoms with E-state index < -0.39 is 4.25 Å². The molecule has 0 heterocycles. The topological polar surface area (TPSA) is 27.7 Å². The van der Waals surface area contributed by atoms with E-state index >= 15 is 0 Å². The van der Waals surface area contributed by atoms with Crippen LogP contribution in [0.25, 0.3) is 0 Å². The van der Waals surface area contributed by atoms with E-state index in [1.807, 2.05) is 36.4 Å². The van der Waals surface area contributed by atoms with E-state index in [2.05, 4.69) is 65.1 Å². The van der Waals surface area contributed by atoms with Crippen molar-refractivity contribution >= 4 is 42.2 Å². The molecule has 3 nitrogen and oxygen atoms in total. The van der Waals surface area contributed by atoms with Crippen LogP contribution in [0.4, 0.5) is 0 Å². The van der Waals surface area contributed by atoms with E-state index in [1.54, 1.807) is 21.3 Å². The number of hydrogen-bond acceptors (Lipinski definition) is 3. The summed E-state index contributed by atoms with van der Waals surface area (Å²) in [4.78, 5) is 0. The average molecular weight is 494 g/mol. The van der Waals surface area contributed by atoms with Gasteiger partial charge in [0.05, 0.1) is 0 Å². The minimum atomic E-state index is -2.69. The molecular formula is C22H24IO3P. The molecule has 0 saturated heterocycles. The van der Waals surface area contributed by atoms with Crippen molar-refractivity contribution in [2.75, 3.05) is 28.0 Å². The van der Waals surface area contributed by atoms with E-state index in [0.29, 0.717) is 0 Å². The number of hydrogen-bond donors (Lipinski definition) is 0. The van der Waals surface area contributed by atoms with Crippen LogP contribution in [0.3, 0.4) is 0 Å². The van der Waals surface area contributed by atoms with Crippen LogP contribution in [0.15, 0.2) is 72.8 Å². The van der Waals surface area contributed by atoms with Gasteiger partial charge in [-0.25, -0.2) is 0 Å². The van der Waals surface area contributed by atoms with Gasteiger partial charge in [-0.1, -0.05) is 0 Å². The molecule has 0 fully saturated rings. The monoisotopic (exact) mass is 494 g/mol. The molecule has 5 heteroatoms. The van der Waals surface area contributed by atoms with Gasteiger partial charge in [0.2, 0.25) is 0 Å². The van der Waals surface area contributed by atoms with Gasteiger partial charge in [0, 0.05) is 0 Å². The van der Waals surface area contributed by atoms with Crippen LogP contribution in [-0.2, 0) is 0 Å². The number of halogens is 1. The van der Waals surface area contributed by atoms with Crippen LogP contribution in [0.1, 0.15) is 0 Å². The SMILES string of the molecule is COc1ccc(P(C)(I)(c2ccc(OC)cc2)c2ccc(OC)cc2)cc1. The first kappa shape index (κ1) is 20.0. The summed E-state index contributed by atoms with van der Waals surface area (Å²) < 4.78 is 13.4. The predicted molar refractivity (Wildman–Crippen MR) is 125 cm³/mol. The molecule has 0 atom stereocenters. The summed E-state index contributed by atoms with van der Waals surface area (Å²) in [5, 5.41) is 3.87. The second kappa shape index (κ2) is 7.69. The minimum absolute atomic E-state index is 0.859. The molecule has 0 saturated carbocycles. The van der Waals surface area contributed by atoms with Gasteiger partial charge in [-0.15, -0.1) is 0 Å². The van der Waals surface area contributed by atoms with Gasteiger partial charge in [0.25, 0.3) is 0 Å². The molecule has 0 bridgehead atoms. The Morgan fingerprint density at radius 2 is 0.741 bits per heavy atom. The molecule has 27 heavy (non-hydrogen) atoms. The van der Waals surface area contributed by atoms with Gasteiger partial charge in [0.1, 0.15) is 0 Å². The van der Waals surface area contributed by atoms with E-state index in [0.717, 1.165) is 17.2 Å². The van der Waals surface area contributed by atoms with Gasteiger partial charge < -0.3 is 0 Å². The zero-order valence-corrected chi connectivity index (χ0v) is 19.0. The average Bonchev–Trinajstić information content (AvgIpc) is 2.74. The molecule has 3 rings (SSSR count). The molecule has 0 unspecified atom stereocenters. The van der Waals surface area contributed by atoms with E-state index in [1.165, 1.54) is 15.9 Å². The molecule has 142 valence electrons. The molecule has 3 aromatic rings. The number of ether oxygens (including phenoxy) is 3. The van der Waals surface area contributed by atoms with Crippen LogP contribution in [-0.4, -0.2) is 28.0 Å². The Kier molecular flexibility index (Phi) is 5.68. The summed E-state index contributed by atoms with van der Waals surface area (Å²) in [7, 11) is 5.08. The summed E-state index contributed by atoms with van der Waals surface area (Å²) in [6, 6.07) is 25.3. The Hall–Kier alpha value is -1.78. The predicted octanol–water partition coefficient (Wildman–Crippen LogP) is 4.52. The number of rotatable bonds is 6. The summed E-state index contributed by atoms with van der Waals surface area (Å²) in [6.07, 6.45) is 0. The van der Waals surface area contributed by atoms with Crippen LogP contribution in [0, 0.1) is 0 Å². The van der Waals surface area contributed by atoms with E-state index in [4.69, 9.17) is 14.2 Å². The number of benzene rings is 3. The summed E-state index contributed by atoms with van der Waals surface area (Å²) in [5.41, 5.74) is 0. The first-order chi connectivity index (χ1) is 12.9. The first-order valence-electron chi connectivity index (χ1n) is 8.59. The fourth-order valence-corrected chi connectivity index (χ4v) is 9.62. The molecular weight excluding hydrogens is 470 g/mol.